The van der Waals surface area contributed by atoms with Crippen LogP contribution in [-0.2, 0) is 4.79 Å². The molecule has 118 valence electrons. The normalized spacial score (nSPS) is 29.0. The van der Waals surface area contributed by atoms with Crippen molar-refractivity contribution in [2.24, 2.45) is 0 Å². The first-order valence-corrected chi connectivity index (χ1v) is 8.32. The van der Waals surface area contributed by atoms with Gasteiger partial charge >= 0.3 is 0 Å². The van der Waals surface area contributed by atoms with E-state index in [1.165, 1.54) is 0 Å². The highest BCUT2D eigenvalue weighted by Crippen LogP contribution is 2.28. The lowest BCUT2D eigenvalue weighted by Crippen LogP contribution is -2.59. The summed E-state index contributed by atoms with van der Waals surface area (Å²) in [5, 5.41) is 15.9. The smallest absolute Gasteiger partial charge is 0.235 e. The molecule has 1 aliphatic heterocycles. The summed E-state index contributed by atoms with van der Waals surface area (Å²) in [6.45, 7) is 6.62. The fourth-order valence-electron chi connectivity index (χ4n) is 3.53. The molecule has 21 heavy (non-hydrogen) atoms. The number of carbonyl (C=O) groups is 1. The monoisotopic (exact) mass is 292 g/mol. The third-order valence-corrected chi connectivity index (χ3v) is 4.97. The van der Waals surface area contributed by atoms with Crippen molar-refractivity contribution >= 4 is 5.91 Å². The van der Waals surface area contributed by atoms with Crippen LogP contribution in [0, 0.1) is 11.3 Å². The maximum Gasteiger partial charge on any atom is 0.235 e. The quantitative estimate of drug-likeness (QED) is 0.804. The number of amides is 1. The molecule has 1 saturated heterocycles. The van der Waals surface area contributed by atoms with Gasteiger partial charge in [-0.1, -0.05) is 13.8 Å². The molecular formula is C16H28N4O. The van der Waals surface area contributed by atoms with Gasteiger partial charge in [-0.3, -0.25) is 9.69 Å². The van der Waals surface area contributed by atoms with Crippen LogP contribution in [0.15, 0.2) is 0 Å². The Balaban J connectivity index is 1.92. The second kappa shape index (κ2) is 7.24. The van der Waals surface area contributed by atoms with Gasteiger partial charge in [-0.15, -0.1) is 0 Å². The Kier molecular flexibility index (Phi) is 5.60. The molecule has 0 spiro atoms. The average molecular weight is 292 g/mol. The van der Waals surface area contributed by atoms with Gasteiger partial charge in [0.1, 0.15) is 5.54 Å². The van der Waals surface area contributed by atoms with Crippen molar-refractivity contribution in [2.45, 2.75) is 70.0 Å². The predicted octanol–water partition coefficient (Wildman–Crippen LogP) is 1.40. The number of rotatable bonds is 5. The van der Waals surface area contributed by atoms with Crippen LogP contribution in [0.4, 0.5) is 0 Å². The number of piperazine rings is 1. The topological polar surface area (TPSA) is 68.2 Å². The summed E-state index contributed by atoms with van der Waals surface area (Å²) < 4.78 is 0. The molecule has 2 N–H and O–H groups in total. The zero-order valence-corrected chi connectivity index (χ0v) is 13.3. The maximum atomic E-state index is 12.4. The van der Waals surface area contributed by atoms with E-state index >= 15 is 0 Å². The summed E-state index contributed by atoms with van der Waals surface area (Å²) in [5.74, 6) is 0.00801. The Bertz CT molecular complexity index is 398. The van der Waals surface area contributed by atoms with Crippen molar-refractivity contribution in [2.75, 3.05) is 19.6 Å². The van der Waals surface area contributed by atoms with E-state index in [2.05, 4.69) is 35.5 Å². The second-order valence-corrected chi connectivity index (χ2v) is 6.45. The zero-order chi connectivity index (χ0) is 15.3. The molecule has 0 aromatic carbocycles. The van der Waals surface area contributed by atoms with E-state index in [0.717, 1.165) is 51.6 Å². The van der Waals surface area contributed by atoms with Gasteiger partial charge in [0.15, 0.2) is 0 Å². The minimum atomic E-state index is -0.600. The number of hydrogen-bond donors (Lipinski definition) is 2. The first-order chi connectivity index (χ1) is 10.1. The van der Waals surface area contributed by atoms with Crippen LogP contribution in [0.5, 0.6) is 0 Å². The van der Waals surface area contributed by atoms with Crippen molar-refractivity contribution in [1.82, 2.24) is 15.5 Å². The molecule has 0 aromatic heterocycles. The number of carbonyl (C=O) groups excluding carboxylic acids is 1. The maximum absolute atomic E-state index is 12.4. The summed E-state index contributed by atoms with van der Waals surface area (Å²) >= 11 is 0. The molecule has 2 fully saturated rings. The summed E-state index contributed by atoms with van der Waals surface area (Å²) in [5.41, 5.74) is -0.600. The van der Waals surface area contributed by atoms with Gasteiger partial charge in [-0.2, -0.15) is 5.26 Å². The van der Waals surface area contributed by atoms with Gasteiger partial charge in [0, 0.05) is 25.2 Å². The minimum Gasteiger partial charge on any atom is -0.337 e. The highest BCUT2D eigenvalue weighted by Gasteiger charge is 2.36. The zero-order valence-electron chi connectivity index (χ0n) is 13.3. The summed E-state index contributed by atoms with van der Waals surface area (Å²) in [7, 11) is 0. The number of nitrogens with one attached hydrogen (secondary N) is 2. The first-order valence-electron chi connectivity index (χ1n) is 8.32. The Hall–Kier alpha value is -1.12. The van der Waals surface area contributed by atoms with Gasteiger partial charge < -0.3 is 10.6 Å². The number of nitriles is 1. The van der Waals surface area contributed by atoms with Crippen LogP contribution >= 0.6 is 0 Å². The van der Waals surface area contributed by atoms with Crippen molar-refractivity contribution in [3.05, 3.63) is 0 Å². The molecule has 0 radical (unpaired) electrons. The Labute approximate surface area is 128 Å². The molecule has 1 heterocycles. The van der Waals surface area contributed by atoms with E-state index in [0.29, 0.717) is 18.6 Å². The molecule has 1 saturated carbocycles. The van der Waals surface area contributed by atoms with Crippen molar-refractivity contribution < 1.29 is 4.79 Å². The third-order valence-electron chi connectivity index (χ3n) is 4.97. The van der Waals surface area contributed by atoms with Gasteiger partial charge in [0.25, 0.3) is 0 Å². The molecule has 2 rings (SSSR count). The fraction of sp³-hybridized carbons (Fsp3) is 0.875. The lowest BCUT2D eigenvalue weighted by Gasteiger charge is -2.39. The SMILES string of the molecule is CCC1CN(CC(=O)NC2(C#N)CCCC2)C(CC)CN1. The Morgan fingerprint density at radius 3 is 2.67 bits per heavy atom. The lowest BCUT2D eigenvalue weighted by atomic mass is 9.99. The van der Waals surface area contributed by atoms with Crippen LogP contribution in [0.1, 0.15) is 52.4 Å². The minimum absolute atomic E-state index is 0.00801. The Morgan fingerprint density at radius 2 is 2.10 bits per heavy atom. The van der Waals surface area contributed by atoms with Gasteiger partial charge in [-0.05, 0) is 38.5 Å². The predicted molar refractivity (Wildman–Crippen MR) is 82.7 cm³/mol. The van der Waals surface area contributed by atoms with Crippen LogP contribution in [-0.4, -0.2) is 48.1 Å². The van der Waals surface area contributed by atoms with Crippen LogP contribution in [0.25, 0.3) is 0 Å². The van der Waals surface area contributed by atoms with Crippen LogP contribution in [0.3, 0.4) is 0 Å². The summed E-state index contributed by atoms with van der Waals surface area (Å²) in [6, 6.07) is 3.21. The molecule has 1 aliphatic carbocycles. The van der Waals surface area contributed by atoms with E-state index < -0.39 is 5.54 Å². The van der Waals surface area contributed by atoms with E-state index in [1.807, 2.05) is 0 Å². The molecule has 0 aromatic rings. The van der Waals surface area contributed by atoms with Gasteiger partial charge in [0.05, 0.1) is 12.6 Å². The molecule has 2 atom stereocenters. The van der Waals surface area contributed by atoms with Crippen LogP contribution < -0.4 is 10.6 Å². The second-order valence-electron chi connectivity index (χ2n) is 6.45. The molecular weight excluding hydrogens is 264 g/mol. The molecule has 5 heteroatoms. The van der Waals surface area contributed by atoms with Crippen molar-refractivity contribution in [3.8, 4) is 6.07 Å². The van der Waals surface area contributed by atoms with E-state index in [9.17, 15) is 10.1 Å². The van der Waals surface area contributed by atoms with Crippen molar-refractivity contribution in [3.63, 3.8) is 0 Å². The first kappa shape index (κ1) is 16.3. The number of hydrogen-bond acceptors (Lipinski definition) is 4. The van der Waals surface area contributed by atoms with E-state index in [1.54, 1.807) is 0 Å². The fourth-order valence-corrected chi connectivity index (χ4v) is 3.53. The van der Waals surface area contributed by atoms with E-state index in [4.69, 9.17) is 0 Å². The standard InChI is InChI=1S/C16H28N4O/c1-3-13-10-20(14(4-2)9-18-13)11-15(21)19-16(12-17)7-5-6-8-16/h13-14,18H,3-11H2,1-2H3,(H,19,21). The molecule has 5 nitrogen and oxygen atoms in total. The summed E-state index contributed by atoms with van der Waals surface area (Å²) in [6.07, 6.45) is 5.79. The molecule has 1 amide bonds. The van der Waals surface area contributed by atoms with E-state index in [-0.39, 0.29) is 5.91 Å². The molecule has 2 aliphatic rings. The average Bonchev–Trinajstić information content (AvgIpc) is 2.96. The third kappa shape index (κ3) is 3.96. The Morgan fingerprint density at radius 1 is 1.38 bits per heavy atom. The van der Waals surface area contributed by atoms with Crippen LogP contribution in [0.2, 0.25) is 0 Å². The van der Waals surface area contributed by atoms with Gasteiger partial charge in [-0.25, -0.2) is 0 Å². The largest absolute Gasteiger partial charge is 0.337 e. The molecule has 0 bridgehead atoms. The highest BCUT2D eigenvalue weighted by molar-refractivity contribution is 5.79. The highest BCUT2D eigenvalue weighted by atomic mass is 16.2. The lowest BCUT2D eigenvalue weighted by molar-refractivity contribution is -0.124. The summed E-state index contributed by atoms with van der Waals surface area (Å²) in [4.78, 5) is 14.6. The van der Waals surface area contributed by atoms with Gasteiger partial charge in [0.2, 0.25) is 5.91 Å². The molecule has 2 unspecified atom stereocenters. The number of nitrogens with zero attached hydrogens (tertiary/aromatic N) is 2. The van der Waals surface area contributed by atoms with Crippen molar-refractivity contribution in [1.29, 1.82) is 5.26 Å².